The third kappa shape index (κ3) is 3.88. The number of piperazine rings is 1. The van der Waals surface area contributed by atoms with Crippen molar-refractivity contribution in [2.24, 2.45) is 0 Å². The monoisotopic (exact) mass is 472 g/mol. The molecular weight excluding hydrogens is 456 g/mol. The zero-order valence-corrected chi connectivity index (χ0v) is 17.8. The molecule has 0 radical (unpaired) electrons. The molecule has 1 aliphatic rings. The minimum atomic E-state index is 0.654. The maximum atomic E-state index is 6.03. The Morgan fingerprint density at radius 1 is 1.03 bits per heavy atom. The highest BCUT2D eigenvalue weighted by Crippen LogP contribution is 2.29. The largest absolute Gasteiger partial charge is 0.354 e. The van der Waals surface area contributed by atoms with Crippen molar-refractivity contribution in [3.8, 4) is 5.69 Å². The summed E-state index contributed by atoms with van der Waals surface area (Å²) in [5.41, 5.74) is 2.68. The molecule has 9 heteroatoms. The van der Waals surface area contributed by atoms with E-state index >= 15 is 0 Å². The minimum Gasteiger partial charge on any atom is -0.354 e. The van der Waals surface area contributed by atoms with E-state index < -0.39 is 0 Å². The maximum Gasteiger partial charge on any atom is 0.180 e. The summed E-state index contributed by atoms with van der Waals surface area (Å²) in [6, 6.07) is 13.7. The average molecular weight is 474 g/mol. The van der Waals surface area contributed by atoms with Crippen LogP contribution in [0.3, 0.4) is 0 Å². The molecule has 0 saturated carbocycles. The van der Waals surface area contributed by atoms with Crippen LogP contribution in [0.15, 0.2) is 57.7 Å². The van der Waals surface area contributed by atoms with Gasteiger partial charge in [0.2, 0.25) is 0 Å². The van der Waals surface area contributed by atoms with Crippen molar-refractivity contribution in [1.29, 1.82) is 0 Å². The summed E-state index contributed by atoms with van der Waals surface area (Å²) in [5.74, 6) is 0.887. The average Bonchev–Trinajstić information content (AvgIpc) is 3.36. The molecule has 4 aromatic rings. The van der Waals surface area contributed by atoms with E-state index in [1.54, 1.807) is 6.07 Å². The third-order valence-corrected chi connectivity index (χ3v) is 5.87. The first-order valence-corrected chi connectivity index (χ1v) is 10.5. The van der Waals surface area contributed by atoms with Gasteiger partial charge in [-0.05, 0) is 36.4 Å². The number of hydrogen-bond acceptors (Lipinski definition) is 6. The Morgan fingerprint density at radius 3 is 2.62 bits per heavy atom. The van der Waals surface area contributed by atoms with Crippen LogP contribution in [0.2, 0.25) is 5.02 Å². The van der Waals surface area contributed by atoms with Gasteiger partial charge in [-0.3, -0.25) is 4.90 Å². The van der Waals surface area contributed by atoms with Crippen LogP contribution in [0.4, 0.5) is 5.82 Å². The molecule has 2 aromatic carbocycles. The van der Waals surface area contributed by atoms with Crippen molar-refractivity contribution in [3.05, 3.63) is 63.9 Å². The fourth-order valence-electron chi connectivity index (χ4n) is 3.56. The van der Waals surface area contributed by atoms with Gasteiger partial charge in [0.05, 0.1) is 23.0 Å². The molecule has 5 rings (SSSR count). The van der Waals surface area contributed by atoms with Gasteiger partial charge in [-0.15, -0.1) is 5.10 Å². The van der Waals surface area contributed by atoms with Gasteiger partial charge < -0.3 is 9.42 Å². The fraction of sp³-hybridized carbons (Fsp3) is 0.250. The van der Waals surface area contributed by atoms with Gasteiger partial charge in [0.1, 0.15) is 0 Å². The molecule has 0 spiro atoms. The Morgan fingerprint density at radius 2 is 1.83 bits per heavy atom. The number of aromatic nitrogens is 4. The normalized spacial score (nSPS) is 15.3. The first-order valence-electron chi connectivity index (χ1n) is 9.35. The van der Waals surface area contributed by atoms with E-state index in [4.69, 9.17) is 16.1 Å². The summed E-state index contributed by atoms with van der Waals surface area (Å²) in [7, 11) is 0. The van der Waals surface area contributed by atoms with E-state index in [2.05, 4.69) is 41.2 Å². The predicted molar refractivity (Wildman–Crippen MR) is 116 cm³/mol. The number of anilines is 1. The van der Waals surface area contributed by atoms with E-state index in [9.17, 15) is 0 Å². The van der Waals surface area contributed by atoms with Gasteiger partial charge in [0.25, 0.3) is 0 Å². The first kappa shape index (κ1) is 18.6. The molecule has 1 aliphatic heterocycles. The molecule has 1 saturated heterocycles. The molecule has 0 amide bonds. The van der Waals surface area contributed by atoms with Gasteiger partial charge in [0.15, 0.2) is 11.4 Å². The number of rotatable bonds is 4. The van der Waals surface area contributed by atoms with Crippen molar-refractivity contribution in [3.63, 3.8) is 0 Å². The molecule has 29 heavy (non-hydrogen) atoms. The number of fused-ring (bicyclic) bond motifs is 1. The van der Waals surface area contributed by atoms with Crippen LogP contribution in [-0.2, 0) is 6.54 Å². The quantitative estimate of drug-likeness (QED) is 0.444. The number of halogens is 2. The van der Waals surface area contributed by atoms with E-state index in [-0.39, 0.29) is 0 Å². The van der Waals surface area contributed by atoms with Crippen molar-refractivity contribution in [2.75, 3.05) is 31.1 Å². The second-order valence-electron chi connectivity index (χ2n) is 7.04. The highest BCUT2D eigenvalue weighted by atomic mass is 79.9. The first-order chi connectivity index (χ1) is 14.2. The SMILES string of the molecule is Clc1ccc2c(N3CCN(Cc4cn(-c5ccc(Br)cc5)nn4)CC3)noc2c1. The van der Waals surface area contributed by atoms with Crippen LogP contribution < -0.4 is 4.90 Å². The predicted octanol–water partition coefficient (Wildman–Crippen LogP) is 4.15. The molecule has 0 N–H and O–H groups in total. The van der Waals surface area contributed by atoms with E-state index in [1.807, 2.05) is 47.3 Å². The van der Waals surface area contributed by atoms with Crippen LogP contribution in [0.1, 0.15) is 5.69 Å². The van der Waals surface area contributed by atoms with Crippen LogP contribution in [0.25, 0.3) is 16.7 Å². The van der Waals surface area contributed by atoms with E-state index in [0.717, 1.165) is 65.4 Å². The second-order valence-corrected chi connectivity index (χ2v) is 8.39. The van der Waals surface area contributed by atoms with Gasteiger partial charge in [-0.2, -0.15) is 0 Å². The number of hydrogen-bond donors (Lipinski definition) is 0. The Labute approximate surface area is 180 Å². The summed E-state index contributed by atoms with van der Waals surface area (Å²) < 4.78 is 8.30. The lowest BCUT2D eigenvalue weighted by molar-refractivity contribution is 0.245. The highest BCUT2D eigenvalue weighted by Gasteiger charge is 2.22. The molecule has 0 atom stereocenters. The molecule has 0 bridgehead atoms. The topological polar surface area (TPSA) is 63.2 Å². The van der Waals surface area contributed by atoms with Gasteiger partial charge in [-0.1, -0.05) is 37.9 Å². The number of nitrogens with zero attached hydrogens (tertiary/aromatic N) is 6. The zero-order valence-electron chi connectivity index (χ0n) is 15.5. The Balaban J connectivity index is 1.23. The van der Waals surface area contributed by atoms with Gasteiger partial charge in [0, 0.05) is 48.3 Å². The lowest BCUT2D eigenvalue weighted by Crippen LogP contribution is -2.46. The lowest BCUT2D eigenvalue weighted by atomic mass is 10.2. The Hall–Kier alpha value is -2.42. The van der Waals surface area contributed by atoms with E-state index in [0.29, 0.717) is 5.02 Å². The lowest BCUT2D eigenvalue weighted by Gasteiger charge is -2.34. The smallest absolute Gasteiger partial charge is 0.180 e. The standard InChI is InChI=1S/C20H18BrClN6O/c21-14-1-4-17(5-2-14)28-13-16(23-25-28)12-26-7-9-27(10-8-26)20-18-6-3-15(22)11-19(18)29-24-20/h1-6,11,13H,7-10,12H2. The van der Waals surface area contributed by atoms with Crippen molar-refractivity contribution in [1.82, 2.24) is 25.1 Å². The summed E-state index contributed by atoms with van der Waals surface area (Å²) in [6.45, 7) is 4.38. The Bertz CT molecular complexity index is 1130. The Kier molecular flexibility index (Phi) is 4.99. The van der Waals surface area contributed by atoms with Crippen LogP contribution in [-0.4, -0.2) is 51.2 Å². The van der Waals surface area contributed by atoms with Crippen molar-refractivity contribution >= 4 is 44.3 Å². The molecule has 7 nitrogen and oxygen atoms in total. The molecule has 148 valence electrons. The summed E-state index contributed by atoms with van der Waals surface area (Å²) in [5, 5.41) is 14.5. The third-order valence-electron chi connectivity index (χ3n) is 5.10. The van der Waals surface area contributed by atoms with Gasteiger partial charge >= 0.3 is 0 Å². The van der Waals surface area contributed by atoms with E-state index in [1.165, 1.54) is 0 Å². The van der Waals surface area contributed by atoms with Crippen LogP contribution in [0.5, 0.6) is 0 Å². The molecule has 0 unspecified atom stereocenters. The zero-order chi connectivity index (χ0) is 19.8. The minimum absolute atomic E-state index is 0.654. The highest BCUT2D eigenvalue weighted by molar-refractivity contribution is 9.10. The summed E-state index contributed by atoms with van der Waals surface area (Å²) in [4.78, 5) is 4.64. The summed E-state index contributed by atoms with van der Waals surface area (Å²) in [6.07, 6.45) is 1.99. The number of benzene rings is 2. The van der Waals surface area contributed by atoms with Crippen molar-refractivity contribution < 1.29 is 4.52 Å². The maximum absolute atomic E-state index is 6.03. The molecule has 1 fully saturated rings. The van der Waals surface area contributed by atoms with Crippen LogP contribution in [0, 0.1) is 0 Å². The molecule has 2 aromatic heterocycles. The van der Waals surface area contributed by atoms with Crippen molar-refractivity contribution in [2.45, 2.75) is 6.54 Å². The molecule has 3 heterocycles. The fourth-order valence-corrected chi connectivity index (χ4v) is 3.99. The van der Waals surface area contributed by atoms with Gasteiger partial charge in [-0.25, -0.2) is 4.68 Å². The second kappa shape index (κ2) is 7.78. The molecular formula is C20H18BrClN6O. The van der Waals surface area contributed by atoms with Crippen LogP contribution >= 0.6 is 27.5 Å². The molecule has 0 aliphatic carbocycles. The summed E-state index contributed by atoms with van der Waals surface area (Å²) >= 11 is 9.49.